The predicted molar refractivity (Wildman–Crippen MR) is 67.0 cm³/mol. The number of aromatic nitrogens is 2. The van der Waals surface area contributed by atoms with Gasteiger partial charge in [-0.2, -0.15) is 5.10 Å². The van der Waals surface area contributed by atoms with Crippen molar-refractivity contribution >= 4 is 11.6 Å². The zero-order chi connectivity index (χ0) is 13.8. The van der Waals surface area contributed by atoms with E-state index in [0.717, 1.165) is 18.2 Å². The fourth-order valence-corrected chi connectivity index (χ4v) is 1.57. The zero-order valence-corrected chi connectivity index (χ0v) is 10.0. The zero-order valence-electron chi connectivity index (χ0n) is 10.0. The first-order valence-corrected chi connectivity index (χ1v) is 5.61. The molecule has 2 rings (SSSR count). The molecule has 1 aromatic heterocycles. The molecule has 19 heavy (non-hydrogen) atoms. The van der Waals surface area contributed by atoms with Gasteiger partial charge >= 0.3 is 0 Å². The highest BCUT2D eigenvalue weighted by molar-refractivity contribution is 5.96. The first kappa shape index (κ1) is 12.9. The summed E-state index contributed by atoms with van der Waals surface area (Å²) in [6.45, 7) is 0.717. The van der Waals surface area contributed by atoms with E-state index in [1.165, 1.54) is 6.20 Å². The normalized spacial score (nSPS) is 10.4. The van der Waals surface area contributed by atoms with E-state index in [9.17, 15) is 14.3 Å². The third-order valence-electron chi connectivity index (χ3n) is 2.48. The van der Waals surface area contributed by atoms with Crippen LogP contribution in [-0.2, 0) is 6.54 Å². The van der Waals surface area contributed by atoms with Crippen LogP contribution >= 0.6 is 0 Å². The van der Waals surface area contributed by atoms with E-state index in [1.54, 1.807) is 10.9 Å². The molecule has 100 valence electrons. The van der Waals surface area contributed by atoms with Crippen LogP contribution in [0.25, 0.3) is 0 Å². The summed E-state index contributed by atoms with van der Waals surface area (Å²) < 4.78 is 14.5. The lowest BCUT2D eigenvalue weighted by Gasteiger charge is -2.07. The standard InChI is InChI=1S/C12H13FN4O2/c13-8-1-2-11(18)10(5-8)12(19)15-3-4-17-7-9(14)6-16-17/h1-2,5-7,18H,3-4,14H2,(H,15,19). The second-order valence-electron chi connectivity index (χ2n) is 3.95. The number of carbonyl (C=O) groups is 1. The Balaban J connectivity index is 1.92. The third-order valence-corrected chi connectivity index (χ3v) is 2.48. The summed E-state index contributed by atoms with van der Waals surface area (Å²) in [4.78, 5) is 11.7. The topological polar surface area (TPSA) is 93.2 Å². The monoisotopic (exact) mass is 264 g/mol. The van der Waals surface area contributed by atoms with Gasteiger partial charge in [-0.15, -0.1) is 0 Å². The van der Waals surface area contributed by atoms with Crippen molar-refractivity contribution in [2.45, 2.75) is 6.54 Å². The molecule has 4 N–H and O–H groups in total. The van der Waals surface area contributed by atoms with Crippen LogP contribution in [0.5, 0.6) is 5.75 Å². The van der Waals surface area contributed by atoms with Crippen LogP contribution < -0.4 is 11.1 Å². The van der Waals surface area contributed by atoms with Crippen LogP contribution in [0.3, 0.4) is 0 Å². The SMILES string of the molecule is Nc1cnn(CCNC(=O)c2cc(F)ccc2O)c1. The highest BCUT2D eigenvalue weighted by Gasteiger charge is 2.11. The maximum atomic E-state index is 13.0. The number of phenolic OH excluding ortho intramolecular Hbond substituents is 1. The molecule has 0 aliphatic heterocycles. The Kier molecular flexibility index (Phi) is 3.65. The smallest absolute Gasteiger partial charge is 0.255 e. The van der Waals surface area contributed by atoms with E-state index in [4.69, 9.17) is 5.73 Å². The number of hydrogen-bond acceptors (Lipinski definition) is 4. The van der Waals surface area contributed by atoms with Gasteiger partial charge in [0.15, 0.2) is 0 Å². The number of rotatable bonds is 4. The van der Waals surface area contributed by atoms with E-state index < -0.39 is 11.7 Å². The molecule has 0 aliphatic rings. The molecule has 0 saturated carbocycles. The van der Waals surface area contributed by atoms with Crippen LogP contribution in [0, 0.1) is 5.82 Å². The summed E-state index contributed by atoms with van der Waals surface area (Å²) in [5.41, 5.74) is 5.93. The van der Waals surface area contributed by atoms with Crippen molar-refractivity contribution in [3.63, 3.8) is 0 Å². The number of aromatic hydroxyl groups is 1. The van der Waals surface area contributed by atoms with Crippen molar-refractivity contribution in [3.05, 3.63) is 42.0 Å². The summed E-state index contributed by atoms with van der Waals surface area (Å²) in [5.74, 6) is -1.39. The number of benzene rings is 1. The van der Waals surface area contributed by atoms with E-state index >= 15 is 0 Å². The van der Waals surface area contributed by atoms with E-state index in [-0.39, 0.29) is 17.9 Å². The molecule has 0 aliphatic carbocycles. The molecule has 0 unspecified atom stereocenters. The highest BCUT2D eigenvalue weighted by Crippen LogP contribution is 2.17. The van der Waals surface area contributed by atoms with Crippen LogP contribution in [0.2, 0.25) is 0 Å². The summed E-state index contributed by atoms with van der Waals surface area (Å²) in [7, 11) is 0. The quantitative estimate of drug-likeness (QED) is 0.759. The van der Waals surface area contributed by atoms with Crippen LogP contribution in [0.4, 0.5) is 10.1 Å². The molecular formula is C12H13FN4O2. The molecule has 2 aromatic rings. The molecule has 0 saturated heterocycles. The Labute approximate surface area is 108 Å². The lowest BCUT2D eigenvalue weighted by Crippen LogP contribution is -2.27. The molecule has 0 bridgehead atoms. The summed E-state index contributed by atoms with van der Waals surface area (Å²) in [6, 6.07) is 3.20. The molecule has 1 amide bonds. The summed E-state index contributed by atoms with van der Waals surface area (Å²) >= 11 is 0. The average molecular weight is 264 g/mol. The molecule has 0 atom stereocenters. The number of nitrogens with zero attached hydrogens (tertiary/aromatic N) is 2. The largest absolute Gasteiger partial charge is 0.507 e. The van der Waals surface area contributed by atoms with Crippen LogP contribution in [0.15, 0.2) is 30.6 Å². The second-order valence-corrected chi connectivity index (χ2v) is 3.95. The van der Waals surface area contributed by atoms with Crippen molar-refractivity contribution < 1.29 is 14.3 Å². The third kappa shape index (κ3) is 3.21. The van der Waals surface area contributed by atoms with Crippen molar-refractivity contribution in [2.24, 2.45) is 0 Å². The first-order chi connectivity index (χ1) is 9.06. The van der Waals surface area contributed by atoms with Gasteiger partial charge in [-0.05, 0) is 18.2 Å². The molecule has 0 radical (unpaired) electrons. The lowest BCUT2D eigenvalue weighted by atomic mass is 10.2. The number of hydrogen-bond donors (Lipinski definition) is 3. The van der Waals surface area contributed by atoms with Crippen LogP contribution in [0.1, 0.15) is 10.4 Å². The summed E-state index contributed by atoms with van der Waals surface area (Å²) in [6.07, 6.45) is 3.13. The predicted octanol–water partition coefficient (Wildman–Crippen LogP) is 0.740. The number of halogens is 1. The van der Waals surface area contributed by atoms with Gasteiger partial charge in [-0.25, -0.2) is 4.39 Å². The molecule has 1 heterocycles. The molecule has 0 fully saturated rings. The minimum absolute atomic E-state index is 0.0972. The number of anilines is 1. The number of amides is 1. The van der Waals surface area contributed by atoms with Crippen LogP contribution in [-0.4, -0.2) is 27.3 Å². The number of carbonyl (C=O) groups excluding carboxylic acids is 1. The fraction of sp³-hybridized carbons (Fsp3) is 0.167. The maximum Gasteiger partial charge on any atom is 0.255 e. The van der Waals surface area contributed by atoms with Gasteiger partial charge in [-0.3, -0.25) is 9.48 Å². The molecule has 7 heteroatoms. The molecule has 0 spiro atoms. The number of nitrogens with one attached hydrogen (secondary N) is 1. The van der Waals surface area contributed by atoms with Gasteiger partial charge in [-0.1, -0.05) is 0 Å². The molecular weight excluding hydrogens is 251 g/mol. The van der Waals surface area contributed by atoms with E-state index in [0.29, 0.717) is 12.2 Å². The van der Waals surface area contributed by atoms with Gasteiger partial charge in [0.1, 0.15) is 11.6 Å². The minimum Gasteiger partial charge on any atom is -0.507 e. The Hall–Kier alpha value is -2.57. The van der Waals surface area contributed by atoms with Gasteiger partial charge in [0.25, 0.3) is 5.91 Å². The molecule has 6 nitrogen and oxygen atoms in total. The first-order valence-electron chi connectivity index (χ1n) is 5.61. The van der Waals surface area contributed by atoms with Crippen molar-refractivity contribution in [2.75, 3.05) is 12.3 Å². The Morgan fingerprint density at radius 1 is 1.53 bits per heavy atom. The Morgan fingerprint density at radius 2 is 2.32 bits per heavy atom. The number of nitrogens with two attached hydrogens (primary N) is 1. The van der Waals surface area contributed by atoms with Crippen molar-refractivity contribution in [1.82, 2.24) is 15.1 Å². The van der Waals surface area contributed by atoms with Gasteiger partial charge in [0.05, 0.1) is 24.0 Å². The second kappa shape index (κ2) is 5.38. The lowest BCUT2D eigenvalue weighted by molar-refractivity contribution is 0.0949. The molecule has 1 aromatic carbocycles. The van der Waals surface area contributed by atoms with Gasteiger partial charge in [0, 0.05) is 12.7 Å². The summed E-state index contributed by atoms with van der Waals surface area (Å²) in [5, 5.41) is 16.0. The fourth-order valence-electron chi connectivity index (χ4n) is 1.57. The average Bonchev–Trinajstić information content (AvgIpc) is 2.78. The number of phenols is 1. The highest BCUT2D eigenvalue weighted by atomic mass is 19.1. The number of nitrogen functional groups attached to an aromatic ring is 1. The Bertz CT molecular complexity index is 597. The van der Waals surface area contributed by atoms with Gasteiger partial charge < -0.3 is 16.2 Å². The van der Waals surface area contributed by atoms with E-state index in [1.807, 2.05) is 0 Å². The maximum absolute atomic E-state index is 13.0. The van der Waals surface area contributed by atoms with Crippen molar-refractivity contribution in [1.29, 1.82) is 0 Å². The van der Waals surface area contributed by atoms with Crippen molar-refractivity contribution in [3.8, 4) is 5.75 Å². The Morgan fingerprint density at radius 3 is 3.00 bits per heavy atom. The van der Waals surface area contributed by atoms with E-state index in [2.05, 4.69) is 10.4 Å². The minimum atomic E-state index is -0.581. The van der Waals surface area contributed by atoms with Gasteiger partial charge in [0.2, 0.25) is 0 Å².